The maximum Gasteiger partial charge on any atom is 0.254 e. The minimum Gasteiger partial charge on any atom is -0.395 e. The van der Waals surface area contributed by atoms with Crippen molar-refractivity contribution in [2.24, 2.45) is 5.41 Å². The topological polar surface area (TPSA) is 53.0 Å². The summed E-state index contributed by atoms with van der Waals surface area (Å²) in [5, 5.41) is 9.55. The summed E-state index contributed by atoms with van der Waals surface area (Å²) in [5.41, 5.74) is 2.24. The van der Waals surface area contributed by atoms with Crippen LogP contribution in [0.15, 0.2) is 24.3 Å². The number of ether oxygens (including phenoxy) is 1. The largest absolute Gasteiger partial charge is 0.395 e. The summed E-state index contributed by atoms with van der Waals surface area (Å²) in [7, 11) is 0. The van der Waals surface area contributed by atoms with E-state index in [0.29, 0.717) is 6.04 Å². The second-order valence-electron chi connectivity index (χ2n) is 8.91. The molecule has 0 radical (unpaired) electrons. The number of carbonyl (C=O) groups is 1. The number of piperidine rings is 1. The zero-order valence-electron chi connectivity index (χ0n) is 17.1. The Labute approximate surface area is 168 Å². The number of aryl methyl sites for hydroxylation is 1. The molecule has 3 aliphatic heterocycles. The number of likely N-dealkylation sites (tertiary alicyclic amines) is 2. The number of aliphatic hydroxyl groups excluding tert-OH is 1. The Balaban J connectivity index is 1.32. The Hall–Kier alpha value is -1.43. The first kappa shape index (κ1) is 19.9. The van der Waals surface area contributed by atoms with Crippen molar-refractivity contribution in [2.45, 2.75) is 57.6 Å². The Morgan fingerprint density at radius 3 is 2.79 bits per heavy atom. The Morgan fingerprint density at radius 1 is 1.25 bits per heavy atom. The van der Waals surface area contributed by atoms with Gasteiger partial charge in [0.15, 0.2) is 0 Å². The monoisotopic (exact) mass is 386 g/mol. The average molecular weight is 387 g/mol. The van der Waals surface area contributed by atoms with Crippen molar-refractivity contribution >= 4 is 5.91 Å². The second kappa shape index (κ2) is 8.52. The summed E-state index contributed by atoms with van der Waals surface area (Å²) in [5.74, 6) is 0.186. The van der Waals surface area contributed by atoms with Gasteiger partial charge in [0.2, 0.25) is 0 Å². The van der Waals surface area contributed by atoms with Gasteiger partial charge in [-0.3, -0.25) is 9.69 Å². The summed E-state index contributed by atoms with van der Waals surface area (Å²) in [4.78, 5) is 17.5. The van der Waals surface area contributed by atoms with Gasteiger partial charge in [-0.25, -0.2) is 0 Å². The minimum absolute atomic E-state index is 0.186. The van der Waals surface area contributed by atoms with Crippen LogP contribution in [0.5, 0.6) is 0 Å². The van der Waals surface area contributed by atoms with Gasteiger partial charge in [0, 0.05) is 31.2 Å². The number of carbonyl (C=O) groups excluding carboxylic acids is 1. The molecule has 3 saturated heterocycles. The minimum atomic E-state index is 0.186. The number of hydrogen-bond donors (Lipinski definition) is 1. The molecule has 1 amide bonds. The van der Waals surface area contributed by atoms with Crippen molar-refractivity contribution in [2.75, 3.05) is 39.4 Å². The molecule has 5 nitrogen and oxygen atoms in total. The van der Waals surface area contributed by atoms with E-state index in [4.69, 9.17) is 4.74 Å². The highest BCUT2D eigenvalue weighted by Crippen LogP contribution is 2.42. The molecule has 1 N–H and O–H groups in total. The van der Waals surface area contributed by atoms with Crippen LogP contribution in [-0.4, -0.2) is 72.4 Å². The lowest BCUT2D eigenvalue weighted by Crippen LogP contribution is -2.44. The van der Waals surface area contributed by atoms with Crippen LogP contribution in [0.1, 0.15) is 54.9 Å². The van der Waals surface area contributed by atoms with Crippen LogP contribution in [-0.2, 0) is 11.2 Å². The highest BCUT2D eigenvalue weighted by molar-refractivity contribution is 5.95. The SMILES string of the molecule is CCc1ccccc1C(=O)N1CCC2(CC1)CO[C@@H](CN1CCC[C@H]1CO)C2. The zero-order valence-corrected chi connectivity index (χ0v) is 17.1. The van der Waals surface area contributed by atoms with Gasteiger partial charge in [-0.1, -0.05) is 25.1 Å². The third-order valence-electron chi connectivity index (χ3n) is 7.17. The maximum atomic E-state index is 13.0. The lowest BCUT2D eigenvalue weighted by Gasteiger charge is -2.38. The first-order valence-electron chi connectivity index (χ1n) is 11.0. The lowest BCUT2D eigenvalue weighted by molar-refractivity contribution is 0.0401. The summed E-state index contributed by atoms with van der Waals surface area (Å²) >= 11 is 0. The highest BCUT2D eigenvalue weighted by atomic mass is 16.5. The Bertz CT molecular complexity index is 684. The molecule has 1 aromatic carbocycles. The van der Waals surface area contributed by atoms with E-state index >= 15 is 0 Å². The van der Waals surface area contributed by atoms with Crippen LogP contribution in [0, 0.1) is 5.41 Å². The fourth-order valence-corrected chi connectivity index (χ4v) is 5.36. The van der Waals surface area contributed by atoms with Gasteiger partial charge in [0.25, 0.3) is 5.91 Å². The summed E-state index contributed by atoms with van der Waals surface area (Å²) in [6.07, 6.45) is 6.61. The molecule has 0 aromatic heterocycles. The van der Waals surface area contributed by atoms with Gasteiger partial charge in [-0.05, 0) is 62.1 Å². The molecule has 0 aliphatic carbocycles. The first-order chi connectivity index (χ1) is 13.6. The zero-order chi connectivity index (χ0) is 19.6. The molecule has 0 unspecified atom stereocenters. The number of amides is 1. The molecule has 154 valence electrons. The number of rotatable bonds is 5. The summed E-state index contributed by atoms with van der Waals surface area (Å²) in [6.45, 7) is 6.87. The van der Waals surface area contributed by atoms with Gasteiger partial charge >= 0.3 is 0 Å². The molecule has 3 fully saturated rings. The van der Waals surface area contributed by atoms with E-state index in [1.54, 1.807) is 0 Å². The number of hydrogen-bond acceptors (Lipinski definition) is 4. The van der Waals surface area contributed by atoms with Crippen LogP contribution in [0.25, 0.3) is 0 Å². The smallest absolute Gasteiger partial charge is 0.254 e. The van der Waals surface area contributed by atoms with Gasteiger partial charge in [0.05, 0.1) is 19.3 Å². The molecule has 2 atom stereocenters. The van der Waals surface area contributed by atoms with Crippen LogP contribution in [0.4, 0.5) is 0 Å². The second-order valence-corrected chi connectivity index (χ2v) is 8.91. The Morgan fingerprint density at radius 2 is 2.04 bits per heavy atom. The third-order valence-corrected chi connectivity index (χ3v) is 7.17. The van der Waals surface area contributed by atoms with Crippen LogP contribution < -0.4 is 0 Å². The van der Waals surface area contributed by atoms with Gasteiger partial charge < -0.3 is 14.7 Å². The predicted octanol–water partition coefficient (Wildman–Crippen LogP) is 2.72. The van der Waals surface area contributed by atoms with Crippen molar-refractivity contribution in [3.8, 4) is 0 Å². The van der Waals surface area contributed by atoms with Crippen molar-refractivity contribution in [3.05, 3.63) is 35.4 Å². The summed E-state index contributed by atoms with van der Waals surface area (Å²) < 4.78 is 6.19. The van der Waals surface area contributed by atoms with E-state index in [9.17, 15) is 9.90 Å². The van der Waals surface area contributed by atoms with E-state index < -0.39 is 0 Å². The van der Waals surface area contributed by atoms with E-state index in [1.165, 1.54) is 6.42 Å². The number of benzene rings is 1. The highest BCUT2D eigenvalue weighted by Gasteiger charge is 2.44. The first-order valence-corrected chi connectivity index (χ1v) is 11.0. The molecular formula is C23H34N2O3. The molecule has 0 saturated carbocycles. The van der Waals surface area contributed by atoms with Gasteiger partial charge in [-0.15, -0.1) is 0 Å². The van der Waals surface area contributed by atoms with E-state index in [0.717, 1.165) is 76.0 Å². The normalized spacial score (nSPS) is 27.6. The van der Waals surface area contributed by atoms with Gasteiger partial charge in [0.1, 0.15) is 0 Å². The van der Waals surface area contributed by atoms with Crippen molar-refractivity contribution in [1.82, 2.24) is 9.80 Å². The molecule has 3 aliphatic rings. The third kappa shape index (κ3) is 3.98. The number of aliphatic hydroxyl groups is 1. The molecule has 5 heteroatoms. The predicted molar refractivity (Wildman–Crippen MR) is 109 cm³/mol. The number of nitrogens with zero attached hydrogens (tertiary/aromatic N) is 2. The lowest BCUT2D eigenvalue weighted by atomic mass is 9.76. The fourth-order valence-electron chi connectivity index (χ4n) is 5.36. The molecular weight excluding hydrogens is 352 g/mol. The molecule has 3 heterocycles. The van der Waals surface area contributed by atoms with E-state index in [2.05, 4.69) is 17.9 Å². The van der Waals surface area contributed by atoms with Crippen LogP contribution in [0.2, 0.25) is 0 Å². The standard InChI is InChI=1S/C23H34N2O3/c1-2-18-6-3-4-8-21(18)22(27)24-12-9-23(10-13-24)14-20(28-17-23)15-25-11-5-7-19(25)16-26/h3-4,6,8,19-20,26H,2,5,7,9-17H2,1H3/t19-,20+/m0/s1. The molecule has 1 spiro atoms. The molecule has 28 heavy (non-hydrogen) atoms. The van der Waals surface area contributed by atoms with E-state index in [1.807, 2.05) is 23.1 Å². The molecule has 0 bridgehead atoms. The van der Waals surface area contributed by atoms with Crippen molar-refractivity contribution in [3.63, 3.8) is 0 Å². The summed E-state index contributed by atoms with van der Waals surface area (Å²) in [6, 6.07) is 8.32. The maximum absolute atomic E-state index is 13.0. The van der Waals surface area contributed by atoms with Crippen molar-refractivity contribution in [1.29, 1.82) is 0 Å². The Kier molecular flexibility index (Phi) is 6.04. The quantitative estimate of drug-likeness (QED) is 0.845. The van der Waals surface area contributed by atoms with Crippen LogP contribution >= 0.6 is 0 Å². The average Bonchev–Trinajstić information content (AvgIpc) is 3.35. The van der Waals surface area contributed by atoms with Gasteiger partial charge in [-0.2, -0.15) is 0 Å². The fraction of sp³-hybridized carbons (Fsp3) is 0.696. The van der Waals surface area contributed by atoms with E-state index in [-0.39, 0.29) is 24.0 Å². The van der Waals surface area contributed by atoms with Crippen LogP contribution in [0.3, 0.4) is 0 Å². The molecule has 4 rings (SSSR count). The van der Waals surface area contributed by atoms with Crippen molar-refractivity contribution < 1.29 is 14.6 Å². The molecule has 1 aromatic rings.